The zero-order valence-electron chi connectivity index (χ0n) is 17.1. The van der Waals surface area contributed by atoms with Crippen molar-refractivity contribution in [2.24, 2.45) is 0 Å². The lowest BCUT2D eigenvalue weighted by Crippen LogP contribution is -2.26. The summed E-state index contributed by atoms with van der Waals surface area (Å²) in [6.07, 6.45) is 2.19. The summed E-state index contributed by atoms with van der Waals surface area (Å²) in [4.78, 5) is 24.5. The van der Waals surface area contributed by atoms with E-state index in [1.165, 1.54) is 38.5 Å². The van der Waals surface area contributed by atoms with Gasteiger partial charge in [-0.3, -0.25) is 9.59 Å². The zero-order valence-corrected chi connectivity index (χ0v) is 20.3. The van der Waals surface area contributed by atoms with Crippen molar-refractivity contribution < 1.29 is 29.3 Å². The van der Waals surface area contributed by atoms with Gasteiger partial charge in [0.25, 0.3) is 11.8 Å². The van der Waals surface area contributed by atoms with Gasteiger partial charge in [-0.15, -0.1) is 0 Å². The van der Waals surface area contributed by atoms with Gasteiger partial charge >= 0.3 is 0 Å². The number of nitrogens with one attached hydrogen (secondary N) is 2. The first-order valence-electron chi connectivity index (χ1n) is 9.47. The molecule has 168 valence electrons. The van der Waals surface area contributed by atoms with Crippen molar-refractivity contribution in [2.45, 2.75) is 19.3 Å². The van der Waals surface area contributed by atoms with Crippen LogP contribution in [0.25, 0.3) is 0 Å². The van der Waals surface area contributed by atoms with Gasteiger partial charge in [0.1, 0.15) is 23.0 Å². The van der Waals surface area contributed by atoms with Crippen molar-refractivity contribution in [2.75, 3.05) is 27.3 Å². The van der Waals surface area contributed by atoms with Gasteiger partial charge in [-0.2, -0.15) is 0 Å². The number of amides is 2. The van der Waals surface area contributed by atoms with Crippen LogP contribution in [0.2, 0.25) is 0 Å². The van der Waals surface area contributed by atoms with Crippen molar-refractivity contribution >= 4 is 43.7 Å². The fourth-order valence-corrected chi connectivity index (χ4v) is 3.79. The average Bonchev–Trinajstić information content (AvgIpc) is 2.75. The number of phenolic OH excluding ortho intramolecular Hbond substituents is 2. The molecule has 4 N–H and O–H groups in total. The molecule has 2 amide bonds. The molecule has 0 saturated heterocycles. The minimum absolute atomic E-state index is 0.158. The van der Waals surface area contributed by atoms with E-state index >= 15 is 0 Å². The molecule has 0 spiro atoms. The fraction of sp³-hybridized carbons (Fsp3) is 0.333. The topological polar surface area (TPSA) is 117 Å². The van der Waals surface area contributed by atoms with E-state index in [4.69, 9.17) is 9.47 Å². The van der Waals surface area contributed by atoms with E-state index in [1.807, 2.05) is 0 Å². The highest BCUT2D eigenvalue weighted by molar-refractivity contribution is 9.10. The highest BCUT2D eigenvalue weighted by Gasteiger charge is 2.16. The molecular formula is C21H24Br2N2O6. The summed E-state index contributed by atoms with van der Waals surface area (Å²) < 4.78 is 11.3. The van der Waals surface area contributed by atoms with Crippen LogP contribution in [0.3, 0.4) is 0 Å². The van der Waals surface area contributed by atoms with E-state index in [1.54, 1.807) is 0 Å². The first-order chi connectivity index (χ1) is 14.8. The molecule has 0 bridgehead atoms. The van der Waals surface area contributed by atoms with Gasteiger partial charge in [0.15, 0.2) is 0 Å². The highest BCUT2D eigenvalue weighted by atomic mass is 79.9. The number of benzene rings is 2. The lowest BCUT2D eigenvalue weighted by atomic mass is 10.1. The number of hydrogen-bond acceptors (Lipinski definition) is 6. The summed E-state index contributed by atoms with van der Waals surface area (Å²) in [5.41, 5.74) is 0.316. The van der Waals surface area contributed by atoms with Gasteiger partial charge in [0.05, 0.1) is 34.3 Å². The molecule has 0 aliphatic heterocycles. The van der Waals surface area contributed by atoms with E-state index in [-0.39, 0.29) is 34.4 Å². The number of hydrogen-bond donors (Lipinski definition) is 4. The quantitative estimate of drug-likeness (QED) is 0.327. The maximum atomic E-state index is 12.2. The Morgan fingerprint density at radius 1 is 0.774 bits per heavy atom. The first kappa shape index (κ1) is 24.8. The second-order valence-corrected chi connectivity index (χ2v) is 8.29. The summed E-state index contributed by atoms with van der Waals surface area (Å²) in [6, 6.07) is 5.76. The molecule has 10 heteroatoms. The highest BCUT2D eigenvalue weighted by Crippen LogP contribution is 2.33. The third-order valence-electron chi connectivity index (χ3n) is 4.45. The number of phenols is 2. The number of halogens is 2. The number of carbonyl (C=O) groups excluding carboxylic acids is 2. The summed E-state index contributed by atoms with van der Waals surface area (Å²) in [7, 11) is 2.95. The third-order valence-corrected chi connectivity index (χ3v) is 5.69. The molecule has 31 heavy (non-hydrogen) atoms. The molecule has 8 nitrogen and oxygen atoms in total. The molecule has 0 heterocycles. The molecule has 0 aliphatic carbocycles. The maximum Gasteiger partial charge on any atom is 0.255 e. The maximum absolute atomic E-state index is 12.2. The van der Waals surface area contributed by atoms with Crippen molar-refractivity contribution in [1.29, 1.82) is 0 Å². The third kappa shape index (κ3) is 6.76. The number of rotatable bonds is 10. The Morgan fingerprint density at radius 2 is 1.16 bits per heavy atom. The Morgan fingerprint density at radius 3 is 1.52 bits per heavy atom. The second kappa shape index (κ2) is 11.8. The molecule has 0 unspecified atom stereocenters. The van der Waals surface area contributed by atoms with E-state index in [2.05, 4.69) is 42.5 Å². The summed E-state index contributed by atoms with van der Waals surface area (Å²) in [5, 5.41) is 25.5. The van der Waals surface area contributed by atoms with Crippen molar-refractivity contribution in [3.63, 3.8) is 0 Å². The lowest BCUT2D eigenvalue weighted by Gasteiger charge is -2.11. The lowest BCUT2D eigenvalue weighted by molar-refractivity contribution is 0.0944. The van der Waals surface area contributed by atoms with E-state index in [9.17, 15) is 19.8 Å². The van der Waals surface area contributed by atoms with E-state index in [0.29, 0.717) is 46.4 Å². The Hall–Kier alpha value is -2.46. The van der Waals surface area contributed by atoms with Crippen LogP contribution in [0.1, 0.15) is 40.0 Å². The van der Waals surface area contributed by atoms with Gasteiger partial charge in [0, 0.05) is 25.2 Å². The van der Waals surface area contributed by atoms with Gasteiger partial charge in [0.2, 0.25) is 0 Å². The molecule has 0 fully saturated rings. The molecule has 0 aliphatic rings. The largest absolute Gasteiger partial charge is 0.507 e. The van der Waals surface area contributed by atoms with Crippen LogP contribution in [-0.4, -0.2) is 49.3 Å². The molecular weight excluding hydrogens is 536 g/mol. The first-order valence-corrected chi connectivity index (χ1v) is 11.1. The van der Waals surface area contributed by atoms with Crippen LogP contribution in [0.4, 0.5) is 0 Å². The predicted molar refractivity (Wildman–Crippen MR) is 123 cm³/mol. The van der Waals surface area contributed by atoms with Gasteiger partial charge in [-0.05, 0) is 63.3 Å². The van der Waals surface area contributed by atoms with Crippen molar-refractivity contribution in [3.8, 4) is 23.0 Å². The molecule has 0 saturated carbocycles. The Balaban J connectivity index is 1.71. The monoisotopic (exact) mass is 558 g/mol. The SMILES string of the molecule is COc1cc(O)c(C(=O)NCCCCCNC(=O)c2cc(Br)c(OC)cc2O)cc1Br. The summed E-state index contributed by atoms with van der Waals surface area (Å²) in [5.74, 6) is -0.204. The minimum atomic E-state index is -0.380. The van der Waals surface area contributed by atoms with Crippen LogP contribution < -0.4 is 20.1 Å². The zero-order chi connectivity index (χ0) is 23.0. The summed E-state index contributed by atoms with van der Waals surface area (Å²) >= 11 is 6.58. The fourth-order valence-electron chi connectivity index (χ4n) is 2.78. The minimum Gasteiger partial charge on any atom is -0.507 e. The van der Waals surface area contributed by atoms with E-state index < -0.39 is 0 Å². The molecule has 0 atom stereocenters. The smallest absolute Gasteiger partial charge is 0.255 e. The molecule has 2 rings (SSSR count). The average molecular weight is 560 g/mol. The van der Waals surface area contributed by atoms with Crippen LogP contribution in [0.15, 0.2) is 33.2 Å². The van der Waals surface area contributed by atoms with Crippen LogP contribution in [-0.2, 0) is 0 Å². The summed E-state index contributed by atoms with van der Waals surface area (Å²) in [6.45, 7) is 0.865. The molecule has 2 aromatic rings. The van der Waals surface area contributed by atoms with Crippen molar-refractivity contribution in [3.05, 3.63) is 44.3 Å². The molecule has 0 radical (unpaired) electrons. The second-order valence-electron chi connectivity index (χ2n) is 6.58. The number of aromatic hydroxyl groups is 2. The van der Waals surface area contributed by atoms with Crippen LogP contribution in [0, 0.1) is 0 Å². The number of ether oxygens (including phenoxy) is 2. The standard InChI is InChI=1S/C21H24Br2N2O6/c1-30-18-10-16(26)12(8-14(18)22)20(28)24-6-4-3-5-7-25-21(29)13-9-15(23)19(31-2)11-17(13)27/h8-11,26-27H,3-7H2,1-2H3,(H,24,28)(H,25,29). The van der Waals surface area contributed by atoms with Crippen LogP contribution >= 0.6 is 31.9 Å². The number of unbranched alkanes of at least 4 members (excludes halogenated alkanes) is 2. The number of carbonyl (C=O) groups is 2. The Labute approximate surface area is 197 Å². The van der Waals surface area contributed by atoms with Gasteiger partial charge in [-0.1, -0.05) is 0 Å². The van der Waals surface area contributed by atoms with Crippen molar-refractivity contribution in [1.82, 2.24) is 10.6 Å². The molecule has 0 aromatic heterocycles. The Bertz CT molecular complexity index is 876. The number of methoxy groups -OCH3 is 2. The predicted octanol–water partition coefficient (Wildman–Crippen LogP) is 3.97. The van der Waals surface area contributed by atoms with Gasteiger partial charge < -0.3 is 30.3 Å². The van der Waals surface area contributed by atoms with Crippen LogP contribution in [0.5, 0.6) is 23.0 Å². The molecule has 2 aromatic carbocycles. The normalized spacial score (nSPS) is 10.5. The van der Waals surface area contributed by atoms with Gasteiger partial charge in [-0.25, -0.2) is 0 Å². The Kier molecular flexibility index (Phi) is 9.44. The van der Waals surface area contributed by atoms with E-state index in [0.717, 1.165) is 6.42 Å².